The maximum atomic E-state index is 11.6. The normalized spacial score (nSPS) is 24.4. The molecule has 0 saturated carbocycles. The van der Waals surface area contributed by atoms with Crippen LogP contribution >= 0.6 is 0 Å². The Balaban J connectivity index is 2.24. The third-order valence-electron chi connectivity index (χ3n) is 3.23. The van der Waals surface area contributed by atoms with Gasteiger partial charge in [-0.2, -0.15) is 0 Å². The Morgan fingerprint density at radius 1 is 1.24 bits per heavy atom. The zero-order valence-corrected chi connectivity index (χ0v) is 9.90. The highest BCUT2D eigenvalue weighted by Crippen LogP contribution is 2.31. The van der Waals surface area contributed by atoms with Gasteiger partial charge in [0.15, 0.2) is 0 Å². The van der Waals surface area contributed by atoms with Gasteiger partial charge in [-0.05, 0) is 17.7 Å². The van der Waals surface area contributed by atoms with Gasteiger partial charge < -0.3 is 4.74 Å². The molecule has 1 N–H and O–H groups in total. The molecule has 1 aromatic rings. The van der Waals surface area contributed by atoms with Crippen LogP contribution in [-0.4, -0.2) is 18.9 Å². The number of hydrogen-bond acceptors (Lipinski definition) is 3. The van der Waals surface area contributed by atoms with E-state index in [1.807, 2.05) is 31.2 Å². The van der Waals surface area contributed by atoms with Crippen molar-refractivity contribution >= 4 is 11.8 Å². The van der Waals surface area contributed by atoms with Crippen molar-refractivity contribution in [1.29, 1.82) is 0 Å². The smallest absolute Gasteiger partial charge is 0.230 e. The van der Waals surface area contributed by atoms with Gasteiger partial charge in [0.1, 0.15) is 5.75 Å². The summed E-state index contributed by atoms with van der Waals surface area (Å²) in [6, 6.07) is 7.51. The molecular formula is C13H15NO3. The van der Waals surface area contributed by atoms with Gasteiger partial charge in [-0.1, -0.05) is 19.1 Å². The van der Waals surface area contributed by atoms with Crippen LogP contribution in [0.3, 0.4) is 0 Å². The number of ether oxygens (including phenoxy) is 1. The summed E-state index contributed by atoms with van der Waals surface area (Å²) in [5.41, 5.74) is 1.00. The topological polar surface area (TPSA) is 55.4 Å². The van der Waals surface area contributed by atoms with E-state index in [0.717, 1.165) is 11.3 Å². The Hall–Kier alpha value is -1.84. The van der Waals surface area contributed by atoms with E-state index in [-0.39, 0.29) is 23.7 Å². The maximum absolute atomic E-state index is 11.6. The van der Waals surface area contributed by atoms with Crippen molar-refractivity contribution in [1.82, 2.24) is 5.32 Å². The fraction of sp³-hybridized carbons (Fsp3) is 0.385. The van der Waals surface area contributed by atoms with Crippen LogP contribution < -0.4 is 10.1 Å². The van der Waals surface area contributed by atoms with Crippen LogP contribution in [0, 0.1) is 5.92 Å². The fourth-order valence-corrected chi connectivity index (χ4v) is 2.12. The Bertz CT molecular complexity index is 438. The molecule has 2 amide bonds. The number of rotatable bonds is 2. The Labute approximate surface area is 100.0 Å². The minimum absolute atomic E-state index is 0.0397. The number of carbonyl (C=O) groups is 2. The summed E-state index contributed by atoms with van der Waals surface area (Å²) in [5.74, 6) is 0.159. The lowest BCUT2D eigenvalue weighted by molar-refractivity contribution is -0.136. The molecule has 2 rings (SSSR count). The van der Waals surface area contributed by atoms with Crippen LogP contribution in [0.4, 0.5) is 0 Å². The molecule has 4 heteroatoms. The molecule has 1 aliphatic heterocycles. The molecule has 0 radical (unpaired) electrons. The van der Waals surface area contributed by atoms with Crippen LogP contribution in [0.15, 0.2) is 24.3 Å². The molecule has 17 heavy (non-hydrogen) atoms. The molecular weight excluding hydrogens is 218 g/mol. The number of benzene rings is 1. The lowest BCUT2D eigenvalue weighted by atomic mass is 9.81. The highest BCUT2D eigenvalue weighted by molar-refractivity contribution is 5.99. The third-order valence-corrected chi connectivity index (χ3v) is 3.23. The summed E-state index contributed by atoms with van der Waals surface area (Å²) in [4.78, 5) is 22.9. The van der Waals surface area contributed by atoms with Gasteiger partial charge in [-0.3, -0.25) is 14.9 Å². The summed E-state index contributed by atoms with van der Waals surface area (Å²) in [6.07, 6.45) is 0.360. The highest BCUT2D eigenvalue weighted by atomic mass is 16.5. The molecule has 1 aliphatic rings. The molecule has 1 saturated heterocycles. The summed E-state index contributed by atoms with van der Waals surface area (Å²) in [7, 11) is 1.61. The maximum Gasteiger partial charge on any atom is 0.230 e. The van der Waals surface area contributed by atoms with Gasteiger partial charge in [-0.15, -0.1) is 0 Å². The Morgan fingerprint density at radius 3 is 2.47 bits per heavy atom. The number of imide groups is 1. The van der Waals surface area contributed by atoms with Crippen LogP contribution in [0.5, 0.6) is 5.75 Å². The number of carbonyl (C=O) groups excluding carboxylic acids is 2. The number of methoxy groups -OCH3 is 1. The van der Waals surface area contributed by atoms with Gasteiger partial charge in [0.2, 0.25) is 11.8 Å². The lowest BCUT2D eigenvalue weighted by Crippen LogP contribution is -2.43. The monoisotopic (exact) mass is 233 g/mol. The second-order valence-corrected chi connectivity index (χ2v) is 4.28. The first kappa shape index (κ1) is 11.6. The van der Waals surface area contributed by atoms with Crippen molar-refractivity contribution in [3.63, 3.8) is 0 Å². The van der Waals surface area contributed by atoms with Crippen molar-refractivity contribution < 1.29 is 14.3 Å². The molecule has 1 aromatic carbocycles. The van der Waals surface area contributed by atoms with Crippen molar-refractivity contribution in [2.24, 2.45) is 5.92 Å². The first-order chi connectivity index (χ1) is 8.11. The minimum Gasteiger partial charge on any atom is -0.497 e. The average Bonchev–Trinajstić information content (AvgIpc) is 2.34. The molecule has 0 aromatic heterocycles. The zero-order valence-electron chi connectivity index (χ0n) is 9.90. The number of amides is 2. The van der Waals surface area contributed by atoms with Gasteiger partial charge in [0, 0.05) is 18.3 Å². The van der Waals surface area contributed by atoms with Crippen LogP contribution in [0.2, 0.25) is 0 Å². The summed E-state index contributed by atoms with van der Waals surface area (Å²) >= 11 is 0. The summed E-state index contributed by atoms with van der Waals surface area (Å²) < 4.78 is 5.08. The van der Waals surface area contributed by atoms with Gasteiger partial charge in [0.25, 0.3) is 0 Å². The van der Waals surface area contributed by atoms with Crippen LogP contribution in [0.1, 0.15) is 24.8 Å². The molecule has 1 heterocycles. The minimum atomic E-state index is -0.200. The second-order valence-electron chi connectivity index (χ2n) is 4.28. The molecule has 90 valence electrons. The first-order valence-electron chi connectivity index (χ1n) is 5.59. The van der Waals surface area contributed by atoms with Gasteiger partial charge in [-0.25, -0.2) is 0 Å². The predicted octanol–water partition coefficient (Wildman–Crippen LogP) is 1.46. The SMILES string of the molecule is COc1ccc(C2CC(=O)NC(=O)C2C)cc1. The van der Waals surface area contributed by atoms with E-state index in [0.29, 0.717) is 6.42 Å². The number of hydrogen-bond donors (Lipinski definition) is 1. The zero-order chi connectivity index (χ0) is 12.4. The van der Waals surface area contributed by atoms with E-state index in [2.05, 4.69) is 5.32 Å². The second kappa shape index (κ2) is 4.57. The first-order valence-corrected chi connectivity index (χ1v) is 5.59. The van der Waals surface area contributed by atoms with E-state index in [9.17, 15) is 9.59 Å². The lowest BCUT2D eigenvalue weighted by Gasteiger charge is -2.27. The number of nitrogens with one attached hydrogen (secondary N) is 1. The van der Waals surface area contributed by atoms with Crippen molar-refractivity contribution in [2.75, 3.05) is 7.11 Å². The molecule has 1 fully saturated rings. The van der Waals surface area contributed by atoms with E-state index in [4.69, 9.17) is 4.74 Å². The van der Waals surface area contributed by atoms with Gasteiger partial charge in [0.05, 0.1) is 7.11 Å². The molecule has 0 spiro atoms. The van der Waals surface area contributed by atoms with Crippen LogP contribution in [-0.2, 0) is 9.59 Å². The van der Waals surface area contributed by atoms with Crippen molar-refractivity contribution in [3.8, 4) is 5.75 Å². The van der Waals surface area contributed by atoms with Gasteiger partial charge >= 0.3 is 0 Å². The Morgan fingerprint density at radius 2 is 1.88 bits per heavy atom. The van der Waals surface area contributed by atoms with E-state index in [1.165, 1.54) is 0 Å². The summed E-state index contributed by atoms with van der Waals surface area (Å²) in [6.45, 7) is 1.84. The predicted molar refractivity (Wildman–Crippen MR) is 62.7 cm³/mol. The standard InChI is InChI=1S/C13H15NO3/c1-8-11(7-12(15)14-13(8)16)9-3-5-10(17-2)6-4-9/h3-6,8,11H,7H2,1-2H3,(H,14,15,16). The van der Waals surface area contributed by atoms with E-state index >= 15 is 0 Å². The van der Waals surface area contributed by atoms with E-state index < -0.39 is 0 Å². The van der Waals surface area contributed by atoms with Crippen LogP contribution in [0.25, 0.3) is 0 Å². The molecule has 2 atom stereocenters. The van der Waals surface area contributed by atoms with Crippen molar-refractivity contribution in [3.05, 3.63) is 29.8 Å². The van der Waals surface area contributed by atoms with E-state index in [1.54, 1.807) is 7.11 Å². The van der Waals surface area contributed by atoms with Crippen molar-refractivity contribution in [2.45, 2.75) is 19.3 Å². The fourth-order valence-electron chi connectivity index (χ4n) is 2.12. The molecule has 0 bridgehead atoms. The highest BCUT2D eigenvalue weighted by Gasteiger charge is 2.33. The third kappa shape index (κ3) is 2.30. The molecule has 2 unspecified atom stereocenters. The number of piperidine rings is 1. The molecule has 0 aliphatic carbocycles. The Kier molecular flexibility index (Phi) is 3.13. The molecule has 4 nitrogen and oxygen atoms in total. The summed E-state index contributed by atoms with van der Waals surface area (Å²) in [5, 5.41) is 2.35. The average molecular weight is 233 g/mol. The quantitative estimate of drug-likeness (QED) is 0.787. The largest absolute Gasteiger partial charge is 0.497 e.